The van der Waals surface area contributed by atoms with E-state index in [0.717, 1.165) is 38.5 Å². The number of carbonyl (C=O) groups excluding carboxylic acids is 1. The molecular weight excluding hydrogens is 324 g/mol. The molecular formula is C22H36O2Si. The van der Waals surface area contributed by atoms with Crippen molar-refractivity contribution >= 4 is 14.1 Å². The van der Waals surface area contributed by atoms with Crippen LogP contribution in [0.4, 0.5) is 0 Å². The SMILES string of the molecule is CC(CC#CC(C)(C)O[Si](C)(C)C)C1=CCC[C@H]2C(=O)CCC[C@]12C. The molecule has 1 saturated carbocycles. The largest absolute Gasteiger partial charge is 0.402 e. The lowest BCUT2D eigenvalue weighted by atomic mass is 9.57. The molecule has 0 radical (unpaired) electrons. The van der Waals surface area contributed by atoms with Gasteiger partial charge in [-0.1, -0.05) is 37.3 Å². The van der Waals surface area contributed by atoms with Crippen molar-refractivity contribution in [3.05, 3.63) is 11.6 Å². The molecule has 0 aliphatic heterocycles. The third kappa shape index (κ3) is 5.08. The van der Waals surface area contributed by atoms with Crippen LogP contribution < -0.4 is 0 Å². The average Bonchev–Trinajstić information content (AvgIpc) is 2.43. The van der Waals surface area contributed by atoms with E-state index in [1.165, 1.54) is 5.57 Å². The number of Topliss-reactive ketones (excluding diaryl/α,β-unsaturated/α-hetero) is 1. The lowest BCUT2D eigenvalue weighted by Crippen LogP contribution is -2.42. The van der Waals surface area contributed by atoms with Gasteiger partial charge in [0.15, 0.2) is 8.32 Å². The Morgan fingerprint density at radius 2 is 2.08 bits per heavy atom. The maximum atomic E-state index is 12.4. The molecule has 0 amide bonds. The summed E-state index contributed by atoms with van der Waals surface area (Å²) in [7, 11) is -1.60. The van der Waals surface area contributed by atoms with E-state index in [1.54, 1.807) is 0 Å². The van der Waals surface area contributed by atoms with Gasteiger partial charge in [-0.25, -0.2) is 0 Å². The summed E-state index contributed by atoms with van der Waals surface area (Å²) in [5.74, 6) is 7.88. The third-order valence-corrected chi connectivity index (χ3v) is 6.77. The van der Waals surface area contributed by atoms with Crippen molar-refractivity contribution in [3.63, 3.8) is 0 Å². The lowest BCUT2D eigenvalue weighted by Gasteiger charge is -2.46. The van der Waals surface area contributed by atoms with E-state index in [9.17, 15) is 4.79 Å². The average molecular weight is 361 g/mol. The van der Waals surface area contributed by atoms with Crippen LogP contribution in [0.1, 0.15) is 66.2 Å². The van der Waals surface area contributed by atoms with Crippen LogP contribution in [0.15, 0.2) is 11.6 Å². The van der Waals surface area contributed by atoms with E-state index in [1.807, 2.05) is 0 Å². The first-order chi connectivity index (χ1) is 11.4. The summed E-state index contributed by atoms with van der Waals surface area (Å²) in [5.41, 5.74) is 1.17. The second-order valence-corrected chi connectivity index (χ2v) is 14.1. The summed E-state index contributed by atoms with van der Waals surface area (Å²) >= 11 is 0. The van der Waals surface area contributed by atoms with Crippen LogP contribution in [0.25, 0.3) is 0 Å². The maximum Gasteiger partial charge on any atom is 0.185 e. The minimum absolute atomic E-state index is 0.0685. The maximum absolute atomic E-state index is 12.4. The van der Waals surface area contributed by atoms with E-state index in [4.69, 9.17) is 4.43 Å². The van der Waals surface area contributed by atoms with Gasteiger partial charge in [-0.05, 0) is 70.5 Å². The van der Waals surface area contributed by atoms with Crippen molar-refractivity contribution in [2.75, 3.05) is 0 Å². The van der Waals surface area contributed by atoms with E-state index in [0.29, 0.717) is 11.7 Å². The molecule has 2 rings (SSSR count). The van der Waals surface area contributed by atoms with Gasteiger partial charge in [0.2, 0.25) is 0 Å². The predicted octanol–water partition coefficient (Wildman–Crippen LogP) is 5.74. The molecule has 25 heavy (non-hydrogen) atoms. The van der Waals surface area contributed by atoms with Crippen molar-refractivity contribution in [2.24, 2.45) is 17.3 Å². The van der Waals surface area contributed by atoms with E-state index >= 15 is 0 Å². The number of ketones is 1. The van der Waals surface area contributed by atoms with Gasteiger partial charge in [-0.15, -0.1) is 0 Å². The molecule has 2 nitrogen and oxygen atoms in total. The molecule has 0 aromatic carbocycles. The van der Waals surface area contributed by atoms with Crippen LogP contribution in [-0.4, -0.2) is 19.7 Å². The van der Waals surface area contributed by atoms with E-state index in [-0.39, 0.29) is 16.9 Å². The minimum Gasteiger partial charge on any atom is -0.402 e. The number of rotatable bonds is 4. The first kappa shape index (κ1) is 20.5. The van der Waals surface area contributed by atoms with Crippen molar-refractivity contribution in [1.82, 2.24) is 0 Å². The highest BCUT2D eigenvalue weighted by molar-refractivity contribution is 6.69. The fraction of sp³-hybridized carbons (Fsp3) is 0.773. The first-order valence-electron chi connectivity index (χ1n) is 9.88. The van der Waals surface area contributed by atoms with Crippen LogP contribution in [0.3, 0.4) is 0 Å². The molecule has 0 N–H and O–H groups in total. The summed E-state index contributed by atoms with van der Waals surface area (Å²) in [5, 5.41) is 0. The molecule has 2 aliphatic rings. The molecule has 0 heterocycles. The zero-order valence-corrected chi connectivity index (χ0v) is 18.3. The van der Waals surface area contributed by atoms with Crippen LogP contribution in [0.2, 0.25) is 19.6 Å². The molecule has 2 aliphatic carbocycles. The summed E-state index contributed by atoms with van der Waals surface area (Å²) in [6.07, 6.45) is 8.31. The number of hydrogen-bond acceptors (Lipinski definition) is 2. The summed E-state index contributed by atoms with van der Waals surface area (Å²) < 4.78 is 6.18. The van der Waals surface area contributed by atoms with Crippen molar-refractivity contribution in [1.29, 1.82) is 0 Å². The normalized spacial score (nSPS) is 28.5. The van der Waals surface area contributed by atoms with Gasteiger partial charge in [-0.2, -0.15) is 0 Å². The Bertz CT molecular complexity index is 600. The number of carbonyl (C=O) groups is 1. The van der Waals surface area contributed by atoms with E-state index < -0.39 is 8.32 Å². The number of hydrogen-bond donors (Lipinski definition) is 0. The lowest BCUT2D eigenvalue weighted by molar-refractivity contribution is -0.129. The Balaban J connectivity index is 2.08. The van der Waals surface area contributed by atoms with Crippen molar-refractivity contribution in [2.45, 2.75) is 91.5 Å². The molecule has 3 atom stereocenters. The Hall–Kier alpha value is -0.853. The molecule has 0 aromatic rings. The monoisotopic (exact) mass is 360 g/mol. The van der Waals surface area contributed by atoms with Crippen LogP contribution in [-0.2, 0) is 9.22 Å². The van der Waals surface area contributed by atoms with Crippen molar-refractivity contribution < 1.29 is 9.22 Å². The van der Waals surface area contributed by atoms with Crippen LogP contribution in [0.5, 0.6) is 0 Å². The zero-order chi connectivity index (χ0) is 18.9. The second-order valence-electron chi connectivity index (χ2n) is 9.66. The number of allylic oxidation sites excluding steroid dienone is 2. The summed E-state index contributed by atoms with van der Waals surface area (Å²) in [6.45, 7) is 15.3. The standard InChI is InChI=1S/C22H36O2Si/c1-17(11-9-15-21(2,3)24-25(5,6)7)18-12-8-13-19-20(23)14-10-16-22(18,19)4/h12,17,19H,8,10-11,13-14,16H2,1-7H3/t17?,19-,22+/m0/s1. The molecule has 0 saturated heterocycles. The number of fused-ring (bicyclic) bond motifs is 1. The highest BCUT2D eigenvalue weighted by atomic mass is 28.4. The van der Waals surface area contributed by atoms with Crippen LogP contribution in [0, 0.1) is 29.1 Å². The summed E-state index contributed by atoms with van der Waals surface area (Å²) in [4.78, 5) is 12.4. The Labute approximate surface area is 155 Å². The summed E-state index contributed by atoms with van der Waals surface area (Å²) in [6, 6.07) is 0. The highest BCUT2D eigenvalue weighted by Crippen LogP contribution is 2.52. The van der Waals surface area contributed by atoms with Gasteiger partial charge < -0.3 is 4.43 Å². The molecule has 0 bridgehead atoms. The molecule has 140 valence electrons. The topological polar surface area (TPSA) is 26.3 Å². The Kier molecular flexibility index (Phi) is 6.06. The van der Waals surface area contributed by atoms with Crippen molar-refractivity contribution in [3.8, 4) is 11.8 Å². The third-order valence-electron chi connectivity index (χ3n) is 5.65. The highest BCUT2D eigenvalue weighted by Gasteiger charge is 2.46. The van der Waals surface area contributed by atoms with Gasteiger partial charge in [0.05, 0.1) is 0 Å². The predicted molar refractivity (Wildman–Crippen MR) is 108 cm³/mol. The van der Waals surface area contributed by atoms with Gasteiger partial charge in [0, 0.05) is 18.8 Å². The molecule has 0 aromatic heterocycles. The molecule has 1 unspecified atom stereocenters. The van der Waals surface area contributed by atoms with E-state index in [2.05, 4.69) is 65.3 Å². The smallest absolute Gasteiger partial charge is 0.185 e. The molecule has 1 fully saturated rings. The molecule has 3 heteroatoms. The fourth-order valence-corrected chi connectivity index (χ4v) is 6.46. The van der Waals surface area contributed by atoms with Crippen LogP contribution >= 0.6 is 0 Å². The van der Waals surface area contributed by atoms with Gasteiger partial charge in [0.25, 0.3) is 0 Å². The second kappa shape index (κ2) is 7.41. The minimum atomic E-state index is -1.60. The zero-order valence-electron chi connectivity index (χ0n) is 17.3. The van der Waals surface area contributed by atoms with Gasteiger partial charge in [0.1, 0.15) is 11.4 Å². The molecule has 0 spiro atoms. The Morgan fingerprint density at radius 3 is 2.72 bits per heavy atom. The van der Waals surface area contributed by atoms with Gasteiger partial charge in [-0.3, -0.25) is 4.79 Å². The quantitative estimate of drug-likeness (QED) is 0.363. The first-order valence-corrected chi connectivity index (χ1v) is 13.3. The Morgan fingerprint density at radius 1 is 1.40 bits per heavy atom. The van der Waals surface area contributed by atoms with Gasteiger partial charge >= 0.3 is 0 Å². The fourth-order valence-electron chi connectivity index (χ4n) is 4.88.